The molecule has 0 N–H and O–H groups in total. The van der Waals surface area contributed by atoms with Gasteiger partial charge in [0.2, 0.25) is 0 Å². The largest absolute Gasteiger partial charge is 0.432 e. The number of hydrogen-bond acceptors (Lipinski definition) is 3. The molecule has 0 aliphatic carbocycles. The van der Waals surface area contributed by atoms with Crippen molar-refractivity contribution in [2.75, 3.05) is 0 Å². The molecule has 0 spiro atoms. The minimum absolute atomic E-state index is 0.477. The first-order chi connectivity index (χ1) is 6.31. The summed E-state index contributed by atoms with van der Waals surface area (Å²) < 4.78 is 4.20. The van der Waals surface area contributed by atoms with E-state index in [9.17, 15) is 4.79 Å². The smallest absolute Gasteiger partial charge is 0.334 e. The molecule has 0 radical (unpaired) electrons. The highest BCUT2D eigenvalue weighted by Crippen LogP contribution is 1.75. The van der Waals surface area contributed by atoms with E-state index in [2.05, 4.69) is 22.9 Å². The monoisotopic (exact) mass is 177 g/mol. The van der Waals surface area contributed by atoms with Crippen LogP contribution in [0, 0.1) is 0 Å². The van der Waals surface area contributed by atoms with Crippen molar-refractivity contribution in [3.8, 4) is 0 Å². The fourth-order valence-corrected chi connectivity index (χ4v) is 0.443. The van der Waals surface area contributed by atoms with E-state index < -0.39 is 5.97 Å². The summed E-state index contributed by atoms with van der Waals surface area (Å²) >= 11 is 0. The van der Waals surface area contributed by atoms with E-state index in [4.69, 9.17) is 0 Å². The first-order valence-corrected chi connectivity index (χ1v) is 3.60. The van der Waals surface area contributed by atoms with Gasteiger partial charge in [-0.1, -0.05) is 19.2 Å². The van der Waals surface area contributed by atoms with Crippen LogP contribution >= 0.6 is 0 Å². The Morgan fingerprint density at radius 3 is 2.00 bits per heavy atom. The van der Waals surface area contributed by atoms with Crippen LogP contribution in [0.1, 0.15) is 0 Å². The Labute approximate surface area is 77.4 Å². The summed E-state index contributed by atoms with van der Waals surface area (Å²) in [5.41, 5.74) is 0. The van der Waals surface area contributed by atoms with Gasteiger partial charge < -0.3 is 4.74 Å². The molecule has 0 fully saturated rings. The predicted octanol–water partition coefficient (Wildman–Crippen LogP) is 1.94. The third-order valence-electron chi connectivity index (χ3n) is 0.933. The van der Waals surface area contributed by atoms with Crippen molar-refractivity contribution in [1.82, 2.24) is 4.98 Å². The van der Waals surface area contributed by atoms with Crippen LogP contribution in [-0.4, -0.2) is 11.0 Å². The second-order valence-electron chi connectivity index (χ2n) is 1.83. The van der Waals surface area contributed by atoms with Crippen molar-refractivity contribution in [1.29, 1.82) is 0 Å². The van der Waals surface area contributed by atoms with Gasteiger partial charge in [0.15, 0.2) is 0 Å². The average Bonchev–Trinajstić information content (AvgIpc) is 2.22. The fraction of sp³-hybridized carbons (Fsp3) is 0. The van der Waals surface area contributed by atoms with Crippen LogP contribution in [-0.2, 0) is 9.53 Å². The Kier molecular flexibility index (Phi) is 7.00. The first kappa shape index (κ1) is 11.1. The van der Waals surface area contributed by atoms with Crippen molar-refractivity contribution in [2.24, 2.45) is 0 Å². The molecule has 68 valence electrons. The summed E-state index contributed by atoms with van der Waals surface area (Å²) in [5.74, 6) is -0.477. The van der Waals surface area contributed by atoms with E-state index in [-0.39, 0.29) is 0 Å². The molecule has 0 bridgehead atoms. The second-order valence-corrected chi connectivity index (χ2v) is 1.83. The van der Waals surface area contributed by atoms with Gasteiger partial charge in [-0.25, -0.2) is 4.79 Å². The molecule has 0 atom stereocenters. The Bertz CT molecular complexity index is 230. The fourth-order valence-electron chi connectivity index (χ4n) is 0.443. The minimum atomic E-state index is -0.477. The van der Waals surface area contributed by atoms with Crippen LogP contribution in [0.5, 0.6) is 0 Å². The van der Waals surface area contributed by atoms with Crippen molar-refractivity contribution in [3.05, 3.63) is 56.1 Å². The maximum atomic E-state index is 10.0. The standard InChI is InChI=1S/C5H5N.C5H6O2/c1-2-4-6-5-3-1;1-3-5(6)7-4-2/h1-5H;3-4H,1-2H2. The summed E-state index contributed by atoms with van der Waals surface area (Å²) in [6.07, 6.45) is 5.63. The molecule has 0 amide bonds. The molecule has 0 aliphatic rings. The van der Waals surface area contributed by atoms with Gasteiger partial charge in [-0.2, -0.15) is 0 Å². The molecule has 1 aromatic rings. The molecule has 3 heteroatoms. The Morgan fingerprint density at radius 1 is 1.23 bits per heavy atom. The van der Waals surface area contributed by atoms with Crippen LogP contribution in [0.4, 0.5) is 0 Å². The first-order valence-electron chi connectivity index (χ1n) is 3.60. The number of nitrogens with zero attached hydrogens (tertiary/aromatic N) is 1. The summed E-state index contributed by atoms with van der Waals surface area (Å²) in [6, 6.07) is 5.72. The normalized spacial score (nSPS) is 7.38. The van der Waals surface area contributed by atoms with Crippen molar-refractivity contribution < 1.29 is 9.53 Å². The second kappa shape index (κ2) is 8.20. The lowest BCUT2D eigenvalue weighted by Gasteiger charge is -1.85. The zero-order valence-corrected chi connectivity index (χ0v) is 7.22. The van der Waals surface area contributed by atoms with Crippen LogP contribution < -0.4 is 0 Å². The van der Waals surface area contributed by atoms with E-state index in [0.717, 1.165) is 12.3 Å². The highest BCUT2D eigenvalue weighted by molar-refractivity contribution is 5.81. The SMILES string of the molecule is C=COC(=O)C=C.c1ccncc1. The molecule has 0 unspecified atom stereocenters. The van der Waals surface area contributed by atoms with E-state index in [1.165, 1.54) is 0 Å². The number of pyridine rings is 1. The van der Waals surface area contributed by atoms with Crippen molar-refractivity contribution in [3.63, 3.8) is 0 Å². The number of rotatable bonds is 2. The lowest BCUT2D eigenvalue weighted by Crippen LogP contribution is -1.90. The highest BCUT2D eigenvalue weighted by Gasteiger charge is 1.84. The minimum Gasteiger partial charge on any atom is -0.432 e. The molecule has 13 heavy (non-hydrogen) atoms. The van der Waals surface area contributed by atoms with Gasteiger partial charge in [0, 0.05) is 18.5 Å². The number of carbonyl (C=O) groups is 1. The third kappa shape index (κ3) is 8.00. The lowest BCUT2D eigenvalue weighted by molar-refractivity contribution is -0.132. The molecule has 0 saturated heterocycles. The van der Waals surface area contributed by atoms with E-state index in [1.54, 1.807) is 12.4 Å². The Balaban J connectivity index is 0.000000223. The van der Waals surface area contributed by atoms with Gasteiger partial charge in [-0.3, -0.25) is 4.98 Å². The quantitative estimate of drug-likeness (QED) is 0.393. The van der Waals surface area contributed by atoms with E-state index in [1.807, 2.05) is 18.2 Å². The maximum absolute atomic E-state index is 10.0. The Hall–Kier alpha value is -1.90. The summed E-state index contributed by atoms with van der Waals surface area (Å²) in [4.78, 5) is 13.8. The summed E-state index contributed by atoms with van der Waals surface area (Å²) in [6.45, 7) is 6.31. The number of esters is 1. The Morgan fingerprint density at radius 2 is 1.85 bits per heavy atom. The maximum Gasteiger partial charge on any atom is 0.334 e. The van der Waals surface area contributed by atoms with Gasteiger partial charge in [0.05, 0.1) is 6.26 Å². The van der Waals surface area contributed by atoms with Crippen LogP contribution in [0.3, 0.4) is 0 Å². The van der Waals surface area contributed by atoms with Crippen LogP contribution in [0.2, 0.25) is 0 Å². The molecule has 3 nitrogen and oxygen atoms in total. The molecule has 0 saturated carbocycles. The number of aromatic nitrogens is 1. The van der Waals surface area contributed by atoms with E-state index in [0.29, 0.717) is 0 Å². The number of hydrogen-bond donors (Lipinski definition) is 0. The molecule has 1 rings (SSSR count). The summed E-state index contributed by atoms with van der Waals surface area (Å²) in [7, 11) is 0. The molecule has 0 aromatic carbocycles. The van der Waals surface area contributed by atoms with Crippen LogP contribution in [0.15, 0.2) is 56.1 Å². The zero-order chi connectivity index (χ0) is 9.94. The van der Waals surface area contributed by atoms with Gasteiger partial charge in [0.25, 0.3) is 0 Å². The molecular formula is C10H11NO2. The average molecular weight is 177 g/mol. The predicted molar refractivity (Wildman–Crippen MR) is 50.7 cm³/mol. The zero-order valence-electron chi connectivity index (χ0n) is 7.22. The van der Waals surface area contributed by atoms with Gasteiger partial charge >= 0.3 is 5.97 Å². The number of carbonyl (C=O) groups excluding carboxylic acids is 1. The van der Waals surface area contributed by atoms with Gasteiger partial charge in [-0.05, 0) is 12.1 Å². The topological polar surface area (TPSA) is 39.2 Å². The molecule has 1 heterocycles. The molecule has 1 aromatic heterocycles. The number of ether oxygens (including phenoxy) is 1. The van der Waals surface area contributed by atoms with Gasteiger partial charge in [-0.15, -0.1) is 0 Å². The van der Waals surface area contributed by atoms with Crippen molar-refractivity contribution in [2.45, 2.75) is 0 Å². The molecular weight excluding hydrogens is 166 g/mol. The summed E-state index contributed by atoms with van der Waals surface area (Å²) in [5, 5.41) is 0. The lowest BCUT2D eigenvalue weighted by atomic mass is 10.5. The van der Waals surface area contributed by atoms with Crippen LogP contribution in [0.25, 0.3) is 0 Å². The van der Waals surface area contributed by atoms with Gasteiger partial charge in [0.1, 0.15) is 0 Å². The van der Waals surface area contributed by atoms with Crippen molar-refractivity contribution >= 4 is 5.97 Å². The highest BCUT2D eigenvalue weighted by atomic mass is 16.5. The third-order valence-corrected chi connectivity index (χ3v) is 0.933. The van der Waals surface area contributed by atoms with E-state index >= 15 is 0 Å². The molecule has 0 aliphatic heterocycles.